The number of benzene rings is 4. The summed E-state index contributed by atoms with van der Waals surface area (Å²) in [5, 5.41) is 5.87. The van der Waals surface area contributed by atoms with E-state index in [2.05, 4.69) is 11.5 Å². The molecule has 0 atom stereocenters. The van der Waals surface area contributed by atoms with Crippen molar-refractivity contribution >= 4 is 68.3 Å². The molecule has 1 aliphatic heterocycles. The zero-order valence-electron chi connectivity index (χ0n) is 15.5. The molecule has 2 amide bonds. The summed E-state index contributed by atoms with van der Waals surface area (Å²) in [7, 11) is 0. The molecule has 0 bridgehead atoms. The van der Waals surface area contributed by atoms with Gasteiger partial charge in [0.2, 0.25) is 0 Å². The van der Waals surface area contributed by atoms with Crippen molar-refractivity contribution in [3.05, 3.63) is 94.0 Å². The van der Waals surface area contributed by atoms with E-state index in [0.29, 0.717) is 15.7 Å². The van der Waals surface area contributed by atoms with E-state index >= 15 is 0 Å². The van der Waals surface area contributed by atoms with Crippen molar-refractivity contribution in [2.45, 2.75) is 0 Å². The molecule has 5 rings (SSSR count). The molecule has 0 unspecified atom stereocenters. The highest BCUT2D eigenvalue weighted by molar-refractivity contribution is 6.42. The van der Waals surface area contributed by atoms with Gasteiger partial charge in [0.25, 0.3) is 11.8 Å². The predicted octanol–water partition coefficient (Wildman–Crippen LogP) is 5.76. The fraction of sp³-hybridized carbons (Fsp3) is 0. The van der Waals surface area contributed by atoms with Crippen LogP contribution in [0.3, 0.4) is 0 Å². The molecule has 1 heterocycles. The molecule has 4 aromatic carbocycles. The average molecular weight is 433 g/mol. The summed E-state index contributed by atoms with van der Waals surface area (Å²) < 4.78 is 0. The van der Waals surface area contributed by atoms with Gasteiger partial charge in [-0.3, -0.25) is 15.0 Å². The van der Waals surface area contributed by atoms with Crippen molar-refractivity contribution in [3.63, 3.8) is 0 Å². The van der Waals surface area contributed by atoms with Gasteiger partial charge in [0.1, 0.15) is 5.57 Å². The van der Waals surface area contributed by atoms with Crippen LogP contribution in [0.2, 0.25) is 10.0 Å². The lowest BCUT2D eigenvalue weighted by molar-refractivity contribution is -0.117. The van der Waals surface area contributed by atoms with Gasteiger partial charge in [-0.05, 0) is 57.4 Å². The number of nitrogens with one attached hydrogen (secondary N) is 1. The van der Waals surface area contributed by atoms with Crippen molar-refractivity contribution in [1.29, 1.82) is 0 Å². The Morgan fingerprint density at radius 2 is 1.40 bits per heavy atom. The number of anilines is 1. The van der Waals surface area contributed by atoms with Crippen LogP contribution in [-0.2, 0) is 9.59 Å². The van der Waals surface area contributed by atoms with Crippen LogP contribution >= 0.6 is 23.2 Å². The van der Waals surface area contributed by atoms with Gasteiger partial charge < -0.3 is 0 Å². The van der Waals surface area contributed by atoms with Crippen LogP contribution in [0.4, 0.5) is 5.69 Å². The maximum Gasteiger partial charge on any atom is 0.282 e. The lowest BCUT2D eigenvalue weighted by Crippen LogP contribution is -2.35. The number of fused-ring (bicyclic) bond motifs is 2. The molecule has 1 fully saturated rings. The van der Waals surface area contributed by atoms with E-state index in [0.717, 1.165) is 27.1 Å². The standard InChI is InChI=1S/C24H14Cl2N2O2/c25-21-10-9-16(12-22(21)26)28-24(30)20(23(29)27-28)13-19-17-7-3-1-5-14(17)11-15-6-2-4-8-18(15)19/h1-13H,(H,27,29)/b20-13-. The van der Waals surface area contributed by atoms with Gasteiger partial charge in [0.05, 0.1) is 15.7 Å². The molecule has 30 heavy (non-hydrogen) atoms. The molecule has 146 valence electrons. The van der Waals surface area contributed by atoms with E-state index in [9.17, 15) is 9.59 Å². The maximum atomic E-state index is 13.1. The highest BCUT2D eigenvalue weighted by atomic mass is 35.5. The van der Waals surface area contributed by atoms with Crippen molar-refractivity contribution in [2.24, 2.45) is 0 Å². The number of hydrogen-bond acceptors (Lipinski definition) is 2. The van der Waals surface area contributed by atoms with E-state index in [1.165, 1.54) is 5.01 Å². The number of amides is 2. The molecule has 0 aliphatic carbocycles. The molecule has 1 aliphatic rings. The Bertz CT molecular complexity index is 1340. The number of carbonyl (C=O) groups excluding carboxylic acids is 2. The zero-order valence-corrected chi connectivity index (χ0v) is 17.0. The number of carbonyl (C=O) groups is 2. The fourth-order valence-electron chi connectivity index (χ4n) is 3.71. The highest BCUT2D eigenvalue weighted by Crippen LogP contribution is 2.33. The number of halogens is 2. The summed E-state index contributed by atoms with van der Waals surface area (Å²) in [4.78, 5) is 25.8. The van der Waals surface area contributed by atoms with Gasteiger partial charge in [-0.2, -0.15) is 0 Å². The molecular weight excluding hydrogens is 419 g/mol. The first-order valence-corrected chi connectivity index (χ1v) is 10.0. The van der Waals surface area contributed by atoms with E-state index in [4.69, 9.17) is 23.2 Å². The second kappa shape index (κ2) is 7.17. The Hall–Kier alpha value is -3.34. The first-order chi connectivity index (χ1) is 14.5. The first-order valence-electron chi connectivity index (χ1n) is 9.25. The monoisotopic (exact) mass is 432 g/mol. The third kappa shape index (κ3) is 3.02. The smallest absolute Gasteiger partial charge is 0.267 e. The Kier molecular flexibility index (Phi) is 4.46. The third-order valence-electron chi connectivity index (χ3n) is 5.15. The topological polar surface area (TPSA) is 49.4 Å². The molecule has 1 saturated heterocycles. The summed E-state index contributed by atoms with van der Waals surface area (Å²) in [5.41, 5.74) is 3.94. The minimum atomic E-state index is -0.469. The lowest BCUT2D eigenvalue weighted by atomic mass is 9.95. The van der Waals surface area contributed by atoms with E-state index < -0.39 is 11.8 Å². The van der Waals surface area contributed by atoms with Gasteiger partial charge in [-0.25, -0.2) is 5.01 Å². The van der Waals surface area contributed by atoms with E-state index in [1.807, 2.05) is 48.5 Å². The summed E-state index contributed by atoms with van der Waals surface area (Å²) in [6, 6.07) is 22.7. The average Bonchev–Trinajstić information content (AvgIpc) is 3.03. The number of rotatable bonds is 2. The Morgan fingerprint density at radius 1 is 0.767 bits per heavy atom. The van der Waals surface area contributed by atoms with E-state index in [-0.39, 0.29) is 5.57 Å². The van der Waals surface area contributed by atoms with Crippen LogP contribution < -0.4 is 10.4 Å². The van der Waals surface area contributed by atoms with E-state index in [1.54, 1.807) is 24.3 Å². The Balaban J connectivity index is 1.67. The SMILES string of the molecule is O=C1NN(c2ccc(Cl)c(Cl)c2)C(=O)/C1=C\c1c2ccccc2cc2ccccc12. The second-order valence-electron chi connectivity index (χ2n) is 6.97. The fourth-order valence-corrected chi connectivity index (χ4v) is 4.00. The summed E-state index contributed by atoms with van der Waals surface area (Å²) in [6.45, 7) is 0. The van der Waals surface area contributed by atoms with Crippen LogP contribution in [0.15, 0.2) is 78.4 Å². The molecule has 0 spiro atoms. The Labute approximate surface area is 182 Å². The molecule has 0 radical (unpaired) electrons. The minimum Gasteiger partial charge on any atom is -0.267 e. The van der Waals surface area contributed by atoms with Crippen molar-refractivity contribution in [2.75, 3.05) is 5.01 Å². The summed E-state index contributed by atoms with van der Waals surface area (Å²) in [6.07, 6.45) is 1.67. The van der Waals surface area contributed by atoms with Crippen LogP contribution in [-0.4, -0.2) is 11.8 Å². The van der Waals surface area contributed by atoms with Crippen molar-refractivity contribution in [1.82, 2.24) is 5.43 Å². The van der Waals surface area contributed by atoms with Gasteiger partial charge in [0.15, 0.2) is 0 Å². The molecule has 4 aromatic rings. The van der Waals surface area contributed by atoms with Gasteiger partial charge in [0, 0.05) is 0 Å². The number of hydrogen-bond donors (Lipinski definition) is 1. The number of hydrazine groups is 1. The quantitative estimate of drug-likeness (QED) is 0.248. The summed E-state index contributed by atoms with van der Waals surface area (Å²) in [5.74, 6) is -0.918. The predicted molar refractivity (Wildman–Crippen MR) is 122 cm³/mol. The van der Waals surface area contributed by atoms with Gasteiger partial charge in [-0.15, -0.1) is 0 Å². The molecule has 4 nitrogen and oxygen atoms in total. The second-order valence-corrected chi connectivity index (χ2v) is 7.78. The summed E-state index contributed by atoms with van der Waals surface area (Å²) >= 11 is 12.0. The van der Waals surface area contributed by atoms with Crippen LogP contribution in [0.25, 0.3) is 27.6 Å². The molecular formula is C24H14Cl2N2O2. The molecule has 0 aromatic heterocycles. The first kappa shape index (κ1) is 18.7. The van der Waals surface area contributed by atoms with Crippen LogP contribution in [0.1, 0.15) is 5.56 Å². The lowest BCUT2D eigenvalue weighted by Gasteiger charge is -2.15. The van der Waals surface area contributed by atoms with Crippen molar-refractivity contribution < 1.29 is 9.59 Å². The molecule has 0 saturated carbocycles. The minimum absolute atomic E-state index is 0.0579. The van der Waals surface area contributed by atoms with Gasteiger partial charge in [-0.1, -0.05) is 71.7 Å². The van der Waals surface area contributed by atoms with Crippen molar-refractivity contribution in [3.8, 4) is 0 Å². The molecule has 6 heteroatoms. The van der Waals surface area contributed by atoms with Crippen LogP contribution in [0.5, 0.6) is 0 Å². The van der Waals surface area contributed by atoms with Crippen LogP contribution in [0, 0.1) is 0 Å². The largest absolute Gasteiger partial charge is 0.282 e. The number of nitrogens with zero attached hydrogens (tertiary/aromatic N) is 1. The molecule has 1 N–H and O–H groups in total. The Morgan fingerprint density at radius 3 is 2.03 bits per heavy atom. The van der Waals surface area contributed by atoms with Gasteiger partial charge >= 0.3 is 0 Å². The third-order valence-corrected chi connectivity index (χ3v) is 5.89. The zero-order chi connectivity index (χ0) is 20.8. The normalized spacial score (nSPS) is 15.4. The maximum absolute atomic E-state index is 13.1. The highest BCUT2D eigenvalue weighted by Gasteiger charge is 2.35.